The van der Waals surface area contributed by atoms with Crippen molar-refractivity contribution in [2.75, 3.05) is 5.32 Å². The fourth-order valence-electron chi connectivity index (χ4n) is 1.66. The Morgan fingerprint density at radius 1 is 1.22 bits per heavy atom. The van der Waals surface area contributed by atoms with Crippen molar-refractivity contribution in [2.24, 2.45) is 10.2 Å². The lowest BCUT2D eigenvalue weighted by atomic mass is 10.3. The summed E-state index contributed by atoms with van der Waals surface area (Å²) >= 11 is 5.12. The summed E-state index contributed by atoms with van der Waals surface area (Å²) in [5, 5.41) is 12.3. The third-order valence-electron chi connectivity index (χ3n) is 2.80. The van der Waals surface area contributed by atoms with E-state index in [1.54, 1.807) is 25.3 Å². The van der Waals surface area contributed by atoms with Crippen molar-refractivity contribution < 1.29 is 8.42 Å². The molecule has 0 fully saturated rings. The number of sulfonamides is 1. The number of aromatic nitrogens is 1. The van der Waals surface area contributed by atoms with Crippen LogP contribution in [-0.4, -0.2) is 24.2 Å². The molecule has 1 heterocycles. The minimum atomic E-state index is -3.71. The Balaban J connectivity index is 1.97. The molecule has 1 aromatic heterocycles. The Bertz CT molecular complexity index is 818. The van der Waals surface area contributed by atoms with Crippen LogP contribution in [0.4, 0.5) is 5.69 Å². The van der Waals surface area contributed by atoms with Crippen LogP contribution in [0.15, 0.2) is 58.7 Å². The number of hydrogen-bond acceptors (Lipinski definition) is 5. The van der Waals surface area contributed by atoms with Crippen molar-refractivity contribution in [1.29, 1.82) is 0 Å². The number of benzene rings is 1. The molecule has 0 unspecified atom stereocenters. The van der Waals surface area contributed by atoms with E-state index in [1.807, 2.05) is 18.2 Å². The monoisotopic (exact) mass is 349 g/mol. The quantitative estimate of drug-likeness (QED) is 0.438. The molecule has 4 N–H and O–H groups in total. The predicted octanol–water partition coefficient (Wildman–Crippen LogP) is 1.44. The summed E-state index contributed by atoms with van der Waals surface area (Å²) in [4.78, 5) is 4.20. The first kappa shape index (κ1) is 17.0. The molecule has 0 amide bonds. The van der Waals surface area contributed by atoms with Crippen LogP contribution < -0.4 is 15.9 Å². The van der Waals surface area contributed by atoms with Gasteiger partial charge in [-0.3, -0.25) is 10.4 Å². The van der Waals surface area contributed by atoms with E-state index in [9.17, 15) is 8.42 Å². The molecule has 0 radical (unpaired) electrons. The van der Waals surface area contributed by atoms with Gasteiger partial charge in [0.05, 0.1) is 16.3 Å². The van der Waals surface area contributed by atoms with Gasteiger partial charge in [-0.1, -0.05) is 6.07 Å². The molecule has 2 aromatic rings. The van der Waals surface area contributed by atoms with Gasteiger partial charge in [-0.25, -0.2) is 13.6 Å². The van der Waals surface area contributed by atoms with Gasteiger partial charge in [0.2, 0.25) is 10.0 Å². The molecule has 120 valence electrons. The van der Waals surface area contributed by atoms with Gasteiger partial charge in [-0.15, -0.1) is 0 Å². The van der Waals surface area contributed by atoms with E-state index in [0.717, 1.165) is 5.69 Å². The van der Waals surface area contributed by atoms with E-state index in [2.05, 4.69) is 20.8 Å². The van der Waals surface area contributed by atoms with E-state index < -0.39 is 10.0 Å². The minimum absolute atomic E-state index is 0.0333. The van der Waals surface area contributed by atoms with Gasteiger partial charge >= 0.3 is 0 Å². The van der Waals surface area contributed by atoms with Crippen molar-refractivity contribution in [3.8, 4) is 0 Å². The van der Waals surface area contributed by atoms with Crippen LogP contribution in [0.5, 0.6) is 0 Å². The molecule has 0 saturated heterocycles. The number of nitrogens with two attached hydrogens (primary N) is 1. The first-order valence-electron chi connectivity index (χ1n) is 6.52. The molecule has 0 aliphatic rings. The largest absolute Gasteiger partial charge is 0.331 e. The molecule has 0 bridgehead atoms. The summed E-state index contributed by atoms with van der Waals surface area (Å²) in [6.07, 6.45) is 1.68. The Hall–Kier alpha value is -2.36. The lowest BCUT2D eigenvalue weighted by Gasteiger charge is -2.08. The van der Waals surface area contributed by atoms with Crippen LogP contribution in [0.1, 0.15) is 12.6 Å². The lowest BCUT2D eigenvalue weighted by Crippen LogP contribution is -2.25. The molecular weight excluding hydrogens is 334 g/mol. The van der Waals surface area contributed by atoms with Gasteiger partial charge in [0.25, 0.3) is 0 Å². The molecule has 0 saturated carbocycles. The third-order valence-corrected chi connectivity index (χ3v) is 3.92. The molecule has 7 nitrogen and oxygen atoms in total. The average Bonchev–Trinajstić information content (AvgIpc) is 2.53. The second kappa shape index (κ2) is 7.27. The number of primary sulfonamides is 1. The number of hydrogen-bond donors (Lipinski definition) is 3. The SMILES string of the molecule is C/C(=N\NC(=S)Nc1ccc(S(N)(=O)=O)cc1)c1ccccn1. The number of nitrogens with one attached hydrogen (secondary N) is 2. The number of nitrogens with zero attached hydrogens (tertiary/aromatic N) is 2. The predicted molar refractivity (Wildman–Crippen MR) is 93.6 cm³/mol. The highest BCUT2D eigenvalue weighted by molar-refractivity contribution is 7.89. The molecular formula is C14H15N5O2S2. The van der Waals surface area contributed by atoms with Crippen LogP contribution in [0, 0.1) is 0 Å². The van der Waals surface area contributed by atoms with E-state index in [4.69, 9.17) is 17.4 Å². The summed E-state index contributed by atoms with van der Waals surface area (Å²) in [5.41, 5.74) is 4.73. The first-order chi connectivity index (χ1) is 10.9. The van der Waals surface area contributed by atoms with Gasteiger partial charge in [-0.05, 0) is 55.5 Å². The zero-order valence-electron chi connectivity index (χ0n) is 12.2. The average molecular weight is 349 g/mol. The maximum atomic E-state index is 11.2. The maximum absolute atomic E-state index is 11.2. The zero-order chi connectivity index (χ0) is 16.9. The van der Waals surface area contributed by atoms with Crippen LogP contribution in [0.2, 0.25) is 0 Å². The van der Waals surface area contributed by atoms with Crippen LogP contribution >= 0.6 is 12.2 Å². The van der Waals surface area contributed by atoms with E-state index in [-0.39, 0.29) is 10.0 Å². The van der Waals surface area contributed by atoms with Crippen molar-refractivity contribution in [3.63, 3.8) is 0 Å². The highest BCUT2D eigenvalue weighted by atomic mass is 32.2. The Morgan fingerprint density at radius 3 is 2.48 bits per heavy atom. The van der Waals surface area contributed by atoms with Crippen molar-refractivity contribution in [1.82, 2.24) is 10.4 Å². The fraction of sp³-hybridized carbons (Fsp3) is 0.0714. The molecule has 23 heavy (non-hydrogen) atoms. The van der Waals surface area contributed by atoms with E-state index in [1.165, 1.54) is 12.1 Å². The van der Waals surface area contributed by atoms with E-state index >= 15 is 0 Å². The van der Waals surface area contributed by atoms with Crippen molar-refractivity contribution in [2.45, 2.75) is 11.8 Å². The molecule has 0 atom stereocenters. The lowest BCUT2D eigenvalue weighted by molar-refractivity contribution is 0.598. The topological polar surface area (TPSA) is 109 Å². The van der Waals surface area contributed by atoms with Crippen molar-refractivity contribution >= 4 is 38.8 Å². The molecule has 0 spiro atoms. The smallest absolute Gasteiger partial charge is 0.238 e. The third kappa shape index (κ3) is 5.09. The maximum Gasteiger partial charge on any atom is 0.238 e. The molecule has 2 rings (SSSR count). The summed E-state index contributed by atoms with van der Waals surface area (Å²) in [6, 6.07) is 11.4. The number of thiocarbonyl (C=S) groups is 1. The summed E-state index contributed by atoms with van der Waals surface area (Å²) < 4.78 is 22.3. The summed E-state index contributed by atoms with van der Waals surface area (Å²) in [5.74, 6) is 0. The number of pyridine rings is 1. The molecule has 9 heteroatoms. The first-order valence-corrected chi connectivity index (χ1v) is 8.47. The number of anilines is 1. The summed E-state index contributed by atoms with van der Waals surface area (Å²) in [6.45, 7) is 1.80. The normalized spacial score (nSPS) is 11.8. The van der Waals surface area contributed by atoms with Gasteiger partial charge in [0.15, 0.2) is 5.11 Å². The van der Waals surface area contributed by atoms with Crippen LogP contribution in [0.25, 0.3) is 0 Å². The van der Waals surface area contributed by atoms with Gasteiger partial charge in [-0.2, -0.15) is 5.10 Å². The second-order valence-electron chi connectivity index (χ2n) is 4.55. The summed E-state index contributed by atoms with van der Waals surface area (Å²) in [7, 11) is -3.71. The molecule has 0 aliphatic heterocycles. The van der Waals surface area contributed by atoms with Gasteiger partial charge in [0.1, 0.15) is 0 Å². The Morgan fingerprint density at radius 2 is 1.91 bits per heavy atom. The fourth-order valence-corrected chi connectivity index (χ4v) is 2.33. The molecule has 0 aliphatic carbocycles. The van der Waals surface area contributed by atoms with E-state index in [0.29, 0.717) is 11.4 Å². The highest BCUT2D eigenvalue weighted by Gasteiger charge is 2.07. The van der Waals surface area contributed by atoms with Crippen LogP contribution in [-0.2, 0) is 10.0 Å². The minimum Gasteiger partial charge on any atom is -0.331 e. The molecule has 1 aromatic carbocycles. The van der Waals surface area contributed by atoms with Crippen molar-refractivity contribution in [3.05, 3.63) is 54.4 Å². The number of rotatable bonds is 4. The van der Waals surface area contributed by atoms with Gasteiger partial charge < -0.3 is 5.32 Å². The van der Waals surface area contributed by atoms with Gasteiger partial charge in [0, 0.05) is 11.9 Å². The Kier molecular flexibility index (Phi) is 5.37. The highest BCUT2D eigenvalue weighted by Crippen LogP contribution is 2.12. The second-order valence-corrected chi connectivity index (χ2v) is 6.52. The zero-order valence-corrected chi connectivity index (χ0v) is 13.9. The Labute approximate surface area is 139 Å². The van der Waals surface area contributed by atoms with Crippen LogP contribution in [0.3, 0.4) is 0 Å². The number of hydrazone groups is 1. The standard InChI is InChI=1S/C14H15N5O2S2/c1-10(13-4-2-3-9-16-13)18-19-14(22)17-11-5-7-12(8-6-11)23(15,20)21/h2-9H,1H3,(H2,15,20,21)(H2,17,19,22)/b18-10+.